The van der Waals surface area contributed by atoms with Crippen LogP contribution < -0.4 is 0 Å². The number of aliphatic hydroxyl groups is 1. The standard InChI is InChI=1S/C88H172O17P2/c1-6-10-13-16-19-22-25-28-30-31-35-39-42-47-52-57-62-67-72-86(91)99-78-84(105-88(93)74-69-64-59-54-49-44-40-36-33-32-34-38-41-45-50-55-60-65-70-81(5)9-4)80-103-107(96,97)101-76-82(89)75-100-106(94,95)102-79-83(77-98-85(90)71-66-61-56-51-46-27-24-21-18-15-12-8-3)104-87(92)73-68-63-58-53-48-43-37-29-26-23-20-17-14-11-7-2/h81-84,89H,6-80H2,1-5H3,(H,94,95)(H,96,97)/t81?,82-,83+,84+/m0/s1. The number of unbranched alkanes of at least 4 members (excludes halogenated alkanes) is 59. The average Bonchev–Trinajstić information content (AvgIpc) is 0.902. The second-order valence-corrected chi connectivity index (χ2v) is 34.8. The summed E-state index contributed by atoms with van der Waals surface area (Å²) in [4.78, 5) is 73.3. The SMILES string of the molecule is CCCCCCCCCCCCCCCCCCCCC(=O)OC[C@H](COP(=O)(O)OC[C@@H](O)COP(=O)(O)OC[C@@H](COC(=O)CCCCCCCCCCCCCC)OC(=O)CCCCCCCCCCCCCCCCC)OC(=O)CCCCCCCCCCCCCCCCCCCCC(C)CC. The third-order valence-electron chi connectivity index (χ3n) is 21.1. The van der Waals surface area contributed by atoms with Gasteiger partial charge in [-0.15, -0.1) is 0 Å². The number of ether oxygens (including phenoxy) is 4. The number of phosphoric ester groups is 2. The minimum atomic E-state index is -4.97. The third-order valence-corrected chi connectivity index (χ3v) is 23.0. The number of hydrogen-bond donors (Lipinski definition) is 3. The first-order chi connectivity index (χ1) is 52.1. The molecule has 3 N–H and O–H groups in total. The van der Waals surface area contributed by atoms with Crippen molar-refractivity contribution in [3.63, 3.8) is 0 Å². The molecule has 6 atom stereocenters. The second kappa shape index (κ2) is 80.7. The number of rotatable bonds is 88. The highest BCUT2D eigenvalue weighted by atomic mass is 31.2. The predicted molar refractivity (Wildman–Crippen MR) is 442 cm³/mol. The van der Waals surface area contributed by atoms with E-state index >= 15 is 0 Å². The molecule has 0 aromatic heterocycles. The third kappa shape index (κ3) is 80.5. The van der Waals surface area contributed by atoms with E-state index in [1.807, 2.05) is 0 Å². The lowest BCUT2D eigenvalue weighted by Gasteiger charge is -2.21. The van der Waals surface area contributed by atoms with Gasteiger partial charge in [-0.25, -0.2) is 9.13 Å². The van der Waals surface area contributed by atoms with Crippen molar-refractivity contribution in [1.29, 1.82) is 0 Å². The topological polar surface area (TPSA) is 237 Å². The fraction of sp³-hybridized carbons (Fsp3) is 0.955. The van der Waals surface area contributed by atoms with E-state index in [0.717, 1.165) is 95.8 Å². The van der Waals surface area contributed by atoms with Gasteiger partial charge in [-0.2, -0.15) is 0 Å². The summed E-state index contributed by atoms with van der Waals surface area (Å²) in [6.45, 7) is 7.45. The molecule has 0 saturated heterocycles. The Balaban J connectivity index is 5.24. The Bertz CT molecular complexity index is 2030. The van der Waals surface area contributed by atoms with E-state index < -0.39 is 97.5 Å². The van der Waals surface area contributed by atoms with E-state index in [4.69, 9.17) is 37.0 Å². The summed E-state index contributed by atoms with van der Waals surface area (Å²) in [6.07, 6.45) is 74.8. The van der Waals surface area contributed by atoms with E-state index in [0.29, 0.717) is 25.7 Å². The van der Waals surface area contributed by atoms with Gasteiger partial charge >= 0.3 is 39.5 Å². The summed E-state index contributed by atoms with van der Waals surface area (Å²) in [6, 6.07) is 0. The van der Waals surface area contributed by atoms with Crippen LogP contribution in [0.25, 0.3) is 0 Å². The van der Waals surface area contributed by atoms with E-state index in [1.165, 1.54) is 302 Å². The molecule has 0 aromatic rings. The van der Waals surface area contributed by atoms with Crippen molar-refractivity contribution < 1.29 is 80.2 Å². The monoisotopic (exact) mass is 1560 g/mol. The molecule has 0 saturated carbocycles. The highest BCUT2D eigenvalue weighted by Gasteiger charge is 2.30. The van der Waals surface area contributed by atoms with Crippen LogP contribution in [0.1, 0.15) is 478 Å². The summed E-state index contributed by atoms with van der Waals surface area (Å²) in [5, 5.41) is 10.7. The Hall–Kier alpha value is -1.94. The molecule has 636 valence electrons. The number of carbonyl (C=O) groups is 4. The van der Waals surface area contributed by atoms with Gasteiger partial charge in [0.25, 0.3) is 0 Å². The molecule has 19 heteroatoms. The average molecular weight is 1560 g/mol. The molecule has 0 spiro atoms. The molecule has 0 aliphatic carbocycles. The smallest absolute Gasteiger partial charge is 0.462 e. The Kier molecular flexibility index (Phi) is 79.2. The predicted octanol–water partition coefficient (Wildman–Crippen LogP) is 27.2. The molecule has 0 aliphatic heterocycles. The molecule has 3 unspecified atom stereocenters. The van der Waals surface area contributed by atoms with Crippen molar-refractivity contribution in [3.05, 3.63) is 0 Å². The largest absolute Gasteiger partial charge is 0.472 e. The van der Waals surface area contributed by atoms with Crippen LogP contribution in [-0.2, 0) is 65.4 Å². The molecule has 0 fully saturated rings. The summed E-state index contributed by atoms with van der Waals surface area (Å²) in [5.41, 5.74) is 0. The lowest BCUT2D eigenvalue weighted by Crippen LogP contribution is -2.30. The summed E-state index contributed by atoms with van der Waals surface area (Å²) in [5.74, 6) is -1.22. The molecule has 0 rings (SSSR count). The molecular formula is C88H172O17P2. The number of hydrogen-bond acceptors (Lipinski definition) is 15. The van der Waals surface area contributed by atoms with Crippen molar-refractivity contribution in [1.82, 2.24) is 0 Å². The van der Waals surface area contributed by atoms with Crippen LogP contribution in [0.2, 0.25) is 0 Å². The van der Waals surface area contributed by atoms with Crippen molar-refractivity contribution in [2.24, 2.45) is 5.92 Å². The van der Waals surface area contributed by atoms with Crippen LogP contribution in [-0.4, -0.2) is 96.7 Å². The minimum Gasteiger partial charge on any atom is -0.462 e. The Morgan fingerprint density at radius 1 is 0.262 bits per heavy atom. The van der Waals surface area contributed by atoms with Crippen LogP contribution in [0.5, 0.6) is 0 Å². The number of carbonyl (C=O) groups excluding carboxylic acids is 4. The normalized spacial score (nSPS) is 14.0. The molecule has 0 radical (unpaired) electrons. The van der Waals surface area contributed by atoms with Crippen LogP contribution in [0.15, 0.2) is 0 Å². The quantitative estimate of drug-likeness (QED) is 0.0222. The van der Waals surface area contributed by atoms with Gasteiger partial charge in [-0.1, -0.05) is 426 Å². The molecule has 0 heterocycles. The van der Waals surface area contributed by atoms with E-state index in [9.17, 15) is 43.2 Å². The lowest BCUT2D eigenvalue weighted by atomic mass is 9.99. The zero-order valence-corrected chi connectivity index (χ0v) is 72.1. The molecular weight excluding hydrogens is 1390 g/mol. The highest BCUT2D eigenvalue weighted by molar-refractivity contribution is 7.47. The van der Waals surface area contributed by atoms with Crippen molar-refractivity contribution in [3.8, 4) is 0 Å². The van der Waals surface area contributed by atoms with E-state index in [2.05, 4.69) is 34.6 Å². The number of esters is 4. The van der Waals surface area contributed by atoms with Gasteiger partial charge in [0.15, 0.2) is 12.2 Å². The maximum absolute atomic E-state index is 13.2. The van der Waals surface area contributed by atoms with Gasteiger partial charge in [0.2, 0.25) is 0 Å². The number of aliphatic hydroxyl groups excluding tert-OH is 1. The maximum atomic E-state index is 13.2. The maximum Gasteiger partial charge on any atom is 0.472 e. The fourth-order valence-corrected chi connectivity index (χ4v) is 15.4. The summed E-state index contributed by atoms with van der Waals surface area (Å²) < 4.78 is 69.0. The first kappa shape index (κ1) is 105. The lowest BCUT2D eigenvalue weighted by molar-refractivity contribution is -0.161. The van der Waals surface area contributed by atoms with Gasteiger partial charge in [0, 0.05) is 25.7 Å². The minimum absolute atomic E-state index is 0.109. The zero-order valence-electron chi connectivity index (χ0n) is 70.3. The second-order valence-electron chi connectivity index (χ2n) is 31.9. The van der Waals surface area contributed by atoms with Gasteiger partial charge in [-0.3, -0.25) is 37.3 Å². The Labute approximate surface area is 658 Å². The number of phosphoric acid groups is 2. The van der Waals surface area contributed by atoms with Crippen molar-refractivity contribution in [2.75, 3.05) is 39.6 Å². The highest BCUT2D eigenvalue weighted by Crippen LogP contribution is 2.45. The van der Waals surface area contributed by atoms with Crippen molar-refractivity contribution in [2.45, 2.75) is 496 Å². The van der Waals surface area contributed by atoms with Crippen molar-refractivity contribution >= 4 is 39.5 Å². The summed E-state index contributed by atoms with van der Waals surface area (Å²) >= 11 is 0. The van der Waals surface area contributed by atoms with Crippen LogP contribution in [0.3, 0.4) is 0 Å². The Morgan fingerprint density at radius 2 is 0.449 bits per heavy atom. The molecule has 17 nitrogen and oxygen atoms in total. The van der Waals surface area contributed by atoms with Crippen LogP contribution in [0, 0.1) is 5.92 Å². The van der Waals surface area contributed by atoms with Gasteiger partial charge < -0.3 is 33.8 Å². The molecule has 107 heavy (non-hydrogen) atoms. The Morgan fingerprint density at radius 3 is 0.664 bits per heavy atom. The van der Waals surface area contributed by atoms with Gasteiger partial charge in [-0.05, 0) is 31.6 Å². The summed E-state index contributed by atoms with van der Waals surface area (Å²) in [7, 11) is -9.93. The molecule has 0 aliphatic rings. The van der Waals surface area contributed by atoms with Gasteiger partial charge in [0.05, 0.1) is 26.4 Å². The fourth-order valence-electron chi connectivity index (χ4n) is 13.8. The first-order valence-corrected chi connectivity index (χ1v) is 48.7. The zero-order chi connectivity index (χ0) is 78.3. The molecule has 0 aromatic carbocycles. The first-order valence-electron chi connectivity index (χ1n) is 45.7. The molecule has 0 amide bonds. The van der Waals surface area contributed by atoms with E-state index in [-0.39, 0.29) is 25.7 Å². The van der Waals surface area contributed by atoms with Crippen LogP contribution >= 0.6 is 15.6 Å². The van der Waals surface area contributed by atoms with Gasteiger partial charge in [0.1, 0.15) is 19.3 Å². The molecule has 0 bridgehead atoms. The van der Waals surface area contributed by atoms with E-state index in [1.54, 1.807) is 0 Å². The van der Waals surface area contributed by atoms with Crippen LogP contribution in [0.4, 0.5) is 0 Å².